The van der Waals surface area contributed by atoms with E-state index in [0.717, 1.165) is 19.3 Å². The Morgan fingerprint density at radius 1 is 1.29 bits per heavy atom. The van der Waals surface area contributed by atoms with E-state index in [-0.39, 0.29) is 16.0 Å². The lowest BCUT2D eigenvalue weighted by atomic mass is 10.2. The number of sulfonamides is 1. The topological polar surface area (TPSA) is 58.2 Å². The van der Waals surface area contributed by atoms with E-state index < -0.39 is 10.0 Å². The molecule has 0 aliphatic heterocycles. The summed E-state index contributed by atoms with van der Waals surface area (Å²) in [4.78, 5) is 0.111. The van der Waals surface area contributed by atoms with E-state index in [4.69, 9.17) is 23.2 Å². The largest absolute Gasteiger partial charge is 0.310 e. The number of halogens is 2. The van der Waals surface area contributed by atoms with Crippen LogP contribution in [-0.2, 0) is 16.6 Å². The van der Waals surface area contributed by atoms with Crippen LogP contribution in [0.15, 0.2) is 17.0 Å². The van der Waals surface area contributed by atoms with Gasteiger partial charge in [-0.2, -0.15) is 0 Å². The first-order valence-electron chi connectivity index (χ1n) is 7.11. The summed E-state index contributed by atoms with van der Waals surface area (Å²) >= 11 is 12.5. The van der Waals surface area contributed by atoms with Gasteiger partial charge in [-0.05, 0) is 37.3 Å². The predicted molar refractivity (Wildman–Crippen MR) is 84.2 cm³/mol. The van der Waals surface area contributed by atoms with Gasteiger partial charge in [0.2, 0.25) is 10.0 Å². The van der Waals surface area contributed by atoms with E-state index in [0.29, 0.717) is 29.1 Å². The van der Waals surface area contributed by atoms with Crippen molar-refractivity contribution < 1.29 is 8.42 Å². The van der Waals surface area contributed by atoms with Crippen LogP contribution in [0.3, 0.4) is 0 Å². The molecule has 2 aliphatic carbocycles. The summed E-state index contributed by atoms with van der Waals surface area (Å²) in [6, 6.07) is 3.60. The van der Waals surface area contributed by atoms with Crippen molar-refractivity contribution >= 4 is 33.2 Å². The Bertz CT molecular complexity index is 659. The van der Waals surface area contributed by atoms with Crippen LogP contribution in [0, 0.1) is 5.92 Å². The Balaban J connectivity index is 1.85. The molecule has 2 aliphatic rings. The van der Waals surface area contributed by atoms with E-state index in [1.807, 2.05) is 6.92 Å². The molecule has 2 unspecified atom stereocenters. The summed E-state index contributed by atoms with van der Waals surface area (Å²) in [6.45, 7) is 2.51. The van der Waals surface area contributed by atoms with E-state index in [1.165, 1.54) is 6.07 Å². The van der Waals surface area contributed by atoms with E-state index in [2.05, 4.69) is 10.0 Å². The monoisotopic (exact) mass is 348 g/mol. The second-order valence-electron chi connectivity index (χ2n) is 5.93. The van der Waals surface area contributed by atoms with Crippen molar-refractivity contribution in [1.82, 2.24) is 10.0 Å². The molecular weight excluding hydrogens is 331 g/mol. The molecule has 21 heavy (non-hydrogen) atoms. The SMILES string of the molecule is CC1CC1NS(=O)(=O)c1ccc(Cl)c(CNC2CC2)c1Cl. The fraction of sp³-hybridized carbons (Fsp3) is 0.571. The fourth-order valence-electron chi connectivity index (χ4n) is 2.23. The average Bonchev–Trinajstić information content (AvgIpc) is 3.29. The van der Waals surface area contributed by atoms with Crippen LogP contribution in [0.2, 0.25) is 10.0 Å². The molecule has 2 fully saturated rings. The summed E-state index contributed by atoms with van der Waals surface area (Å²) < 4.78 is 27.5. The Kier molecular flexibility index (Phi) is 4.23. The first kappa shape index (κ1) is 15.6. The molecule has 0 aromatic heterocycles. The third-order valence-corrected chi connectivity index (χ3v) is 6.43. The van der Waals surface area contributed by atoms with Crippen LogP contribution in [0.25, 0.3) is 0 Å². The van der Waals surface area contributed by atoms with Gasteiger partial charge in [0, 0.05) is 29.2 Å². The van der Waals surface area contributed by atoms with Crippen molar-refractivity contribution in [2.45, 2.75) is 49.7 Å². The van der Waals surface area contributed by atoms with Gasteiger partial charge >= 0.3 is 0 Å². The smallest absolute Gasteiger partial charge is 0.242 e. The highest BCUT2D eigenvalue weighted by atomic mass is 35.5. The van der Waals surface area contributed by atoms with Gasteiger partial charge < -0.3 is 5.32 Å². The van der Waals surface area contributed by atoms with Crippen LogP contribution in [-0.4, -0.2) is 20.5 Å². The van der Waals surface area contributed by atoms with Crippen molar-refractivity contribution in [2.75, 3.05) is 0 Å². The van der Waals surface area contributed by atoms with Crippen LogP contribution < -0.4 is 10.0 Å². The van der Waals surface area contributed by atoms with E-state index in [9.17, 15) is 8.42 Å². The van der Waals surface area contributed by atoms with E-state index in [1.54, 1.807) is 6.07 Å². The predicted octanol–water partition coefficient (Wildman–Crippen LogP) is 2.93. The number of rotatable bonds is 6. The maximum Gasteiger partial charge on any atom is 0.242 e. The molecule has 0 bridgehead atoms. The van der Waals surface area contributed by atoms with Crippen LogP contribution in [0.5, 0.6) is 0 Å². The molecule has 0 radical (unpaired) electrons. The molecule has 7 heteroatoms. The summed E-state index contributed by atoms with van der Waals surface area (Å²) in [5, 5.41) is 4.02. The minimum atomic E-state index is -3.59. The lowest BCUT2D eigenvalue weighted by Gasteiger charge is -2.13. The quantitative estimate of drug-likeness (QED) is 0.830. The third kappa shape index (κ3) is 3.54. The van der Waals surface area contributed by atoms with Gasteiger partial charge in [0.15, 0.2) is 0 Å². The van der Waals surface area contributed by atoms with Gasteiger partial charge in [-0.1, -0.05) is 30.1 Å². The Hall–Kier alpha value is -0.330. The first-order chi connectivity index (χ1) is 9.88. The molecule has 0 spiro atoms. The van der Waals surface area contributed by atoms with Crippen molar-refractivity contribution in [1.29, 1.82) is 0 Å². The highest BCUT2D eigenvalue weighted by Crippen LogP contribution is 2.35. The van der Waals surface area contributed by atoms with Crippen LogP contribution in [0.4, 0.5) is 0 Å². The normalized spacial score (nSPS) is 25.1. The first-order valence-corrected chi connectivity index (χ1v) is 9.35. The number of hydrogen-bond donors (Lipinski definition) is 2. The zero-order valence-electron chi connectivity index (χ0n) is 11.7. The maximum absolute atomic E-state index is 12.4. The number of nitrogens with one attached hydrogen (secondary N) is 2. The maximum atomic E-state index is 12.4. The highest BCUT2D eigenvalue weighted by molar-refractivity contribution is 7.89. The third-order valence-electron chi connectivity index (χ3n) is 4.00. The summed E-state index contributed by atoms with van der Waals surface area (Å²) in [5.74, 6) is 0.391. The zero-order valence-corrected chi connectivity index (χ0v) is 14.0. The van der Waals surface area contributed by atoms with Crippen LogP contribution in [0.1, 0.15) is 31.7 Å². The van der Waals surface area contributed by atoms with Crippen LogP contribution >= 0.6 is 23.2 Å². The Morgan fingerprint density at radius 2 is 1.95 bits per heavy atom. The molecule has 1 aromatic rings. The molecule has 0 heterocycles. The Morgan fingerprint density at radius 3 is 2.52 bits per heavy atom. The second kappa shape index (κ2) is 5.70. The molecule has 0 amide bonds. The molecule has 2 N–H and O–H groups in total. The molecule has 116 valence electrons. The molecule has 4 nitrogen and oxygen atoms in total. The van der Waals surface area contributed by atoms with Crippen molar-refractivity contribution in [3.8, 4) is 0 Å². The van der Waals surface area contributed by atoms with Gasteiger partial charge in [-0.15, -0.1) is 0 Å². The van der Waals surface area contributed by atoms with Crippen molar-refractivity contribution in [3.63, 3.8) is 0 Å². The highest BCUT2D eigenvalue weighted by Gasteiger charge is 2.37. The van der Waals surface area contributed by atoms with Crippen molar-refractivity contribution in [3.05, 3.63) is 27.7 Å². The summed E-state index contributed by atoms with van der Waals surface area (Å²) in [6.07, 6.45) is 3.17. The van der Waals surface area contributed by atoms with Crippen molar-refractivity contribution in [2.24, 2.45) is 5.92 Å². The average molecular weight is 349 g/mol. The molecule has 2 atom stereocenters. The second-order valence-corrected chi connectivity index (χ2v) is 8.40. The zero-order chi connectivity index (χ0) is 15.2. The molecule has 1 aromatic carbocycles. The standard InChI is InChI=1S/C14H18Cl2N2O2S/c1-8-6-12(8)18-21(19,20)13-5-4-11(15)10(14(13)16)7-17-9-2-3-9/h4-5,8-9,12,17-18H,2-3,6-7H2,1H3. The number of benzene rings is 1. The Labute approximate surface area is 135 Å². The van der Waals surface area contributed by atoms with Gasteiger partial charge in [0.25, 0.3) is 0 Å². The minimum absolute atomic E-state index is 0.0229. The van der Waals surface area contributed by atoms with Gasteiger partial charge in [0.05, 0.1) is 5.02 Å². The molecular formula is C14H18Cl2N2O2S. The fourth-order valence-corrected chi connectivity index (χ4v) is 4.50. The van der Waals surface area contributed by atoms with Gasteiger partial charge in [-0.3, -0.25) is 0 Å². The lowest BCUT2D eigenvalue weighted by molar-refractivity contribution is 0.578. The molecule has 3 rings (SSSR count). The van der Waals surface area contributed by atoms with Gasteiger partial charge in [-0.25, -0.2) is 13.1 Å². The number of hydrogen-bond acceptors (Lipinski definition) is 3. The lowest BCUT2D eigenvalue weighted by Crippen LogP contribution is -2.27. The molecule has 0 saturated heterocycles. The van der Waals surface area contributed by atoms with E-state index >= 15 is 0 Å². The molecule has 2 saturated carbocycles. The summed E-state index contributed by atoms with van der Waals surface area (Å²) in [5.41, 5.74) is 0.650. The van der Waals surface area contributed by atoms with Gasteiger partial charge in [0.1, 0.15) is 4.90 Å². The minimum Gasteiger partial charge on any atom is -0.310 e. The summed E-state index contributed by atoms with van der Waals surface area (Å²) in [7, 11) is -3.59.